The van der Waals surface area contributed by atoms with Crippen LogP contribution in [0.2, 0.25) is 0 Å². The van der Waals surface area contributed by atoms with Gasteiger partial charge in [-0.05, 0) is 29.8 Å². The molecule has 1 amide bonds. The molecule has 0 fully saturated rings. The predicted molar refractivity (Wildman–Crippen MR) is 80.0 cm³/mol. The van der Waals surface area contributed by atoms with Crippen LogP contribution < -0.4 is 5.32 Å². The Balaban J connectivity index is 1.90. The van der Waals surface area contributed by atoms with E-state index in [0.29, 0.717) is 5.56 Å². The van der Waals surface area contributed by atoms with E-state index < -0.39 is 30.1 Å². The molecule has 2 aromatic rings. The summed E-state index contributed by atoms with van der Waals surface area (Å²) in [5.74, 6) is -1.26. The highest BCUT2D eigenvalue weighted by Crippen LogP contribution is 2.34. The summed E-state index contributed by atoms with van der Waals surface area (Å²) in [4.78, 5) is 16.3. The summed E-state index contributed by atoms with van der Waals surface area (Å²) >= 11 is 0. The third kappa shape index (κ3) is 5.08. The molecule has 0 unspecified atom stereocenters. The minimum atomic E-state index is -4.58. The first kappa shape index (κ1) is 17.5. The molecule has 0 saturated carbocycles. The van der Waals surface area contributed by atoms with E-state index in [1.54, 1.807) is 6.07 Å². The molecule has 1 N–H and O–H groups in total. The molecule has 0 bridgehead atoms. The zero-order chi connectivity index (χ0) is 17.6. The molecule has 0 aliphatic carbocycles. The Labute approximate surface area is 134 Å². The molecule has 8 heteroatoms. The number of halogens is 4. The average Bonchev–Trinajstić information content (AvgIpc) is 2.51. The highest BCUT2D eigenvalue weighted by atomic mass is 19.4. The molecule has 24 heavy (non-hydrogen) atoms. The van der Waals surface area contributed by atoms with Gasteiger partial charge in [0.05, 0.1) is 17.5 Å². The fourth-order valence-electron chi connectivity index (χ4n) is 1.81. The van der Waals surface area contributed by atoms with Gasteiger partial charge < -0.3 is 10.2 Å². The molecule has 0 spiro atoms. The summed E-state index contributed by atoms with van der Waals surface area (Å²) in [5, 5.41) is 5.57. The van der Waals surface area contributed by atoms with Crippen LogP contribution in [0.1, 0.15) is 11.1 Å². The summed E-state index contributed by atoms with van der Waals surface area (Å²) in [6.45, 7) is -0.585. The van der Waals surface area contributed by atoms with Crippen molar-refractivity contribution in [2.24, 2.45) is 5.16 Å². The summed E-state index contributed by atoms with van der Waals surface area (Å²) < 4.78 is 51.3. The number of benzene rings is 2. The van der Waals surface area contributed by atoms with Crippen LogP contribution in [0.3, 0.4) is 0 Å². The number of rotatable bonds is 5. The van der Waals surface area contributed by atoms with Gasteiger partial charge in [-0.3, -0.25) is 4.79 Å². The maximum atomic E-state index is 12.9. The van der Waals surface area contributed by atoms with Crippen LogP contribution in [0.5, 0.6) is 0 Å². The van der Waals surface area contributed by atoms with Crippen molar-refractivity contribution in [1.82, 2.24) is 0 Å². The number of anilines is 1. The number of oxime groups is 1. The van der Waals surface area contributed by atoms with Crippen LogP contribution in [0.4, 0.5) is 23.2 Å². The zero-order valence-electron chi connectivity index (χ0n) is 12.2. The first-order valence-corrected chi connectivity index (χ1v) is 6.73. The Morgan fingerprint density at radius 2 is 1.92 bits per heavy atom. The maximum Gasteiger partial charge on any atom is 0.418 e. The molecule has 0 aliphatic rings. The average molecular weight is 340 g/mol. The van der Waals surface area contributed by atoms with Crippen LogP contribution in [0.25, 0.3) is 0 Å². The van der Waals surface area contributed by atoms with Crippen molar-refractivity contribution in [3.8, 4) is 0 Å². The Kier molecular flexibility index (Phi) is 5.51. The molecule has 0 aliphatic heterocycles. The normalized spacial score (nSPS) is 11.5. The van der Waals surface area contributed by atoms with Gasteiger partial charge in [-0.25, -0.2) is 4.39 Å². The zero-order valence-corrected chi connectivity index (χ0v) is 12.2. The molecule has 0 aromatic heterocycles. The lowest BCUT2D eigenvalue weighted by Crippen LogP contribution is -2.20. The van der Waals surface area contributed by atoms with E-state index >= 15 is 0 Å². The van der Waals surface area contributed by atoms with Crippen molar-refractivity contribution in [3.05, 3.63) is 65.5 Å². The molecule has 126 valence electrons. The first-order valence-electron chi connectivity index (χ1n) is 6.73. The van der Waals surface area contributed by atoms with Gasteiger partial charge in [0.1, 0.15) is 5.82 Å². The topological polar surface area (TPSA) is 50.7 Å². The van der Waals surface area contributed by atoms with Crippen LogP contribution in [0, 0.1) is 5.82 Å². The van der Waals surface area contributed by atoms with Crippen molar-refractivity contribution >= 4 is 17.8 Å². The van der Waals surface area contributed by atoms with Crippen LogP contribution >= 0.6 is 0 Å². The summed E-state index contributed by atoms with van der Waals surface area (Å²) in [6.07, 6.45) is -3.40. The van der Waals surface area contributed by atoms with E-state index in [1.807, 2.05) is 0 Å². The van der Waals surface area contributed by atoms with E-state index in [-0.39, 0.29) is 5.69 Å². The van der Waals surface area contributed by atoms with Gasteiger partial charge in [-0.1, -0.05) is 29.4 Å². The number of para-hydroxylation sites is 1. The minimum Gasteiger partial charge on any atom is -0.386 e. The highest BCUT2D eigenvalue weighted by Gasteiger charge is 2.33. The maximum absolute atomic E-state index is 12.9. The van der Waals surface area contributed by atoms with E-state index in [9.17, 15) is 22.4 Å². The Morgan fingerprint density at radius 1 is 1.17 bits per heavy atom. The van der Waals surface area contributed by atoms with Crippen molar-refractivity contribution in [2.75, 3.05) is 11.9 Å². The van der Waals surface area contributed by atoms with Crippen LogP contribution in [0.15, 0.2) is 53.7 Å². The van der Waals surface area contributed by atoms with E-state index in [2.05, 4.69) is 10.5 Å². The highest BCUT2D eigenvalue weighted by molar-refractivity contribution is 5.92. The SMILES string of the molecule is O=C(CO/N=C\c1cccc(F)c1)Nc1ccccc1C(F)(F)F. The van der Waals surface area contributed by atoms with Crippen molar-refractivity contribution < 1.29 is 27.2 Å². The first-order chi connectivity index (χ1) is 11.4. The van der Waals surface area contributed by atoms with Gasteiger partial charge in [0, 0.05) is 0 Å². The molecular formula is C16H12F4N2O2. The Hall–Kier alpha value is -2.90. The fourth-order valence-corrected chi connectivity index (χ4v) is 1.81. The van der Waals surface area contributed by atoms with Gasteiger partial charge in [-0.15, -0.1) is 0 Å². The summed E-state index contributed by atoms with van der Waals surface area (Å²) in [5.41, 5.74) is -0.910. The van der Waals surface area contributed by atoms with Crippen molar-refractivity contribution in [2.45, 2.75) is 6.18 Å². The molecule has 2 rings (SSSR count). The number of carbonyl (C=O) groups excluding carboxylic acids is 1. The number of alkyl halides is 3. The van der Waals surface area contributed by atoms with Crippen LogP contribution in [-0.2, 0) is 15.8 Å². The number of nitrogens with zero attached hydrogens (tertiary/aromatic N) is 1. The van der Waals surface area contributed by atoms with Gasteiger partial charge in [0.2, 0.25) is 0 Å². The van der Waals surface area contributed by atoms with E-state index in [4.69, 9.17) is 4.84 Å². The Bertz CT molecular complexity index is 745. The van der Waals surface area contributed by atoms with Gasteiger partial charge in [0.15, 0.2) is 6.61 Å². The second-order valence-corrected chi connectivity index (χ2v) is 4.65. The lowest BCUT2D eigenvalue weighted by Gasteiger charge is -2.12. The minimum absolute atomic E-state index is 0.368. The molecule has 0 radical (unpaired) electrons. The Morgan fingerprint density at radius 3 is 2.62 bits per heavy atom. The second kappa shape index (κ2) is 7.58. The molecule has 0 atom stereocenters. The standard InChI is InChI=1S/C16H12F4N2O2/c17-12-5-3-4-11(8-12)9-21-24-10-15(23)22-14-7-2-1-6-13(14)16(18,19)20/h1-9H,10H2,(H,22,23)/b21-9-. The molecule has 4 nitrogen and oxygen atoms in total. The smallest absolute Gasteiger partial charge is 0.386 e. The largest absolute Gasteiger partial charge is 0.418 e. The predicted octanol–water partition coefficient (Wildman–Crippen LogP) is 3.83. The lowest BCUT2D eigenvalue weighted by atomic mass is 10.1. The fraction of sp³-hybridized carbons (Fsp3) is 0.125. The molecule has 0 saturated heterocycles. The summed E-state index contributed by atoms with van der Waals surface area (Å²) in [6, 6.07) is 10.1. The molecule has 2 aromatic carbocycles. The van der Waals surface area contributed by atoms with Crippen molar-refractivity contribution in [1.29, 1.82) is 0 Å². The lowest BCUT2D eigenvalue weighted by molar-refractivity contribution is -0.137. The third-order valence-electron chi connectivity index (χ3n) is 2.83. The third-order valence-corrected chi connectivity index (χ3v) is 2.83. The number of hydrogen-bond donors (Lipinski definition) is 1. The monoisotopic (exact) mass is 340 g/mol. The van der Waals surface area contributed by atoms with Gasteiger partial charge >= 0.3 is 6.18 Å². The number of amides is 1. The number of nitrogens with one attached hydrogen (secondary N) is 1. The van der Waals surface area contributed by atoms with Gasteiger partial charge in [0.25, 0.3) is 5.91 Å². The van der Waals surface area contributed by atoms with E-state index in [1.165, 1.54) is 36.5 Å². The number of hydrogen-bond acceptors (Lipinski definition) is 3. The van der Waals surface area contributed by atoms with Crippen LogP contribution in [-0.4, -0.2) is 18.7 Å². The van der Waals surface area contributed by atoms with Gasteiger partial charge in [-0.2, -0.15) is 13.2 Å². The molecular weight excluding hydrogens is 328 g/mol. The summed E-state index contributed by atoms with van der Waals surface area (Å²) in [7, 11) is 0. The van der Waals surface area contributed by atoms with E-state index in [0.717, 1.165) is 12.1 Å². The number of carbonyl (C=O) groups is 1. The van der Waals surface area contributed by atoms with Crippen molar-refractivity contribution in [3.63, 3.8) is 0 Å². The second-order valence-electron chi connectivity index (χ2n) is 4.65. The quantitative estimate of drug-likeness (QED) is 0.511. The molecule has 0 heterocycles.